The van der Waals surface area contributed by atoms with Gasteiger partial charge in [-0.25, -0.2) is 9.97 Å². The van der Waals surface area contributed by atoms with Gasteiger partial charge < -0.3 is 9.64 Å². The van der Waals surface area contributed by atoms with Crippen LogP contribution in [0.2, 0.25) is 5.02 Å². The Hall–Kier alpha value is -2.06. The maximum atomic E-state index is 13.6. The second-order valence-corrected chi connectivity index (χ2v) is 13.4. The van der Waals surface area contributed by atoms with Crippen molar-refractivity contribution < 1.29 is 9.53 Å². The van der Waals surface area contributed by atoms with Crippen molar-refractivity contribution >= 4 is 39.1 Å². The number of aryl methyl sites for hydroxylation is 1. The molecule has 1 amide bonds. The highest BCUT2D eigenvalue weighted by molar-refractivity contribution is 7.16. The number of aromatic nitrogens is 2. The van der Waals surface area contributed by atoms with E-state index >= 15 is 0 Å². The third-order valence-corrected chi connectivity index (χ3v) is 10.6. The number of benzene rings is 1. The first-order chi connectivity index (χ1) is 18.1. The number of carbonyl (C=O) groups excluding carboxylic acids is 1. The molecule has 1 aliphatic carbocycles. The van der Waals surface area contributed by atoms with Crippen molar-refractivity contribution in [3.8, 4) is 0 Å². The van der Waals surface area contributed by atoms with E-state index < -0.39 is 0 Å². The first kappa shape index (κ1) is 26.2. The van der Waals surface area contributed by atoms with Gasteiger partial charge in [0.15, 0.2) is 0 Å². The number of ether oxygens (including phenoxy) is 1. The molecule has 0 spiro atoms. The molecule has 2 aliphatic heterocycles. The molecule has 0 N–H and O–H groups in total. The van der Waals surface area contributed by atoms with E-state index in [0.29, 0.717) is 22.4 Å². The summed E-state index contributed by atoms with van der Waals surface area (Å²) in [6, 6.07) is 8.24. The Morgan fingerprint density at radius 2 is 1.92 bits per heavy atom. The number of amides is 1. The third kappa shape index (κ3) is 4.36. The lowest BCUT2D eigenvalue weighted by molar-refractivity contribution is -0.0366. The summed E-state index contributed by atoms with van der Waals surface area (Å²) in [4.78, 5) is 28.7. The van der Waals surface area contributed by atoms with Crippen LogP contribution in [-0.4, -0.2) is 70.1 Å². The van der Waals surface area contributed by atoms with Crippen molar-refractivity contribution in [1.82, 2.24) is 19.8 Å². The van der Waals surface area contributed by atoms with Gasteiger partial charge >= 0.3 is 0 Å². The third-order valence-electron chi connectivity index (χ3n) is 9.50. The van der Waals surface area contributed by atoms with Gasteiger partial charge in [0, 0.05) is 59.7 Å². The molecule has 8 heteroatoms. The van der Waals surface area contributed by atoms with Crippen molar-refractivity contribution in [2.75, 3.05) is 27.3 Å². The second-order valence-electron chi connectivity index (χ2n) is 12.1. The Labute approximate surface area is 234 Å². The van der Waals surface area contributed by atoms with Crippen LogP contribution >= 0.6 is 22.9 Å². The van der Waals surface area contributed by atoms with Crippen molar-refractivity contribution in [3.05, 3.63) is 57.3 Å². The number of hydrogen-bond acceptors (Lipinski definition) is 6. The van der Waals surface area contributed by atoms with E-state index in [1.165, 1.54) is 12.8 Å². The van der Waals surface area contributed by atoms with Gasteiger partial charge in [-0.3, -0.25) is 9.69 Å². The molecule has 6 nitrogen and oxygen atoms in total. The molecule has 6 rings (SSSR count). The Morgan fingerprint density at radius 3 is 2.61 bits per heavy atom. The fraction of sp³-hybridized carbons (Fsp3) is 0.567. The lowest BCUT2D eigenvalue weighted by Crippen LogP contribution is -2.61. The molecule has 2 aromatic heterocycles. The van der Waals surface area contributed by atoms with Gasteiger partial charge in [0.2, 0.25) is 0 Å². The molecule has 0 radical (unpaired) electrons. The summed E-state index contributed by atoms with van der Waals surface area (Å²) in [6.45, 7) is 8.36. The van der Waals surface area contributed by atoms with Crippen LogP contribution in [0.15, 0.2) is 29.6 Å². The molecule has 4 heterocycles. The van der Waals surface area contributed by atoms with E-state index in [9.17, 15) is 4.79 Å². The molecular formula is C30H37ClN4O2S. The number of fused-ring (bicyclic) bond motifs is 3. The van der Waals surface area contributed by atoms with E-state index in [1.807, 2.05) is 31.0 Å². The summed E-state index contributed by atoms with van der Waals surface area (Å²) in [6.07, 6.45) is 5.32. The van der Waals surface area contributed by atoms with Crippen LogP contribution in [0.5, 0.6) is 0 Å². The zero-order chi connectivity index (χ0) is 26.8. The molecule has 1 aromatic carbocycles. The van der Waals surface area contributed by atoms with E-state index in [4.69, 9.17) is 21.3 Å². The molecule has 3 aromatic rings. The van der Waals surface area contributed by atoms with Gasteiger partial charge in [0.05, 0.1) is 12.3 Å². The van der Waals surface area contributed by atoms with Crippen LogP contribution in [0, 0.1) is 6.92 Å². The van der Waals surface area contributed by atoms with Crippen LogP contribution in [0.4, 0.5) is 0 Å². The maximum Gasteiger partial charge on any atom is 0.253 e. The topological polar surface area (TPSA) is 58.6 Å². The van der Waals surface area contributed by atoms with Gasteiger partial charge in [0.1, 0.15) is 10.7 Å². The summed E-state index contributed by atoms with van der Waals surface area (Å²) in [5.41, 5.74) is 3.10. The second kappa shape index (κ2) is 9.54. The SMILES string of the molecule is COCCN1C2(C)CCC1(C)CC(N(C)C(=O)c1ccc(C3CC3c3nc(C)nc4sccc34)c(Cl)c1)C2. The Kier molecular flexibility index (Phi) is 6.57. The molecular weight excluding hydrogens is 516 g/mol. The van der Waals surface area contributed by atoms with Crippen molar-refractivity contribution in [3.63, 3.8) is 0 Å². The molecule has 4 unspecified atom stereocenters. The van der Waals surface area contributed by atoms with Crippen molar-refractivity contribution in [2.24, 2.45) is 0 Å². The van der Waals surface area contributed by atoms with Crippen LogP contribution < -0.4 is 0 Å². The highest BCUT2D eigenvalue weighted by atomic mass is 35.5. The van der Waals surface area contributed by atoms with E-state index in [-0.39, 0.29) is 23.0 Å². The molecule has 38 heavy (non-hydrogen) atoms. The minimum absolute atomic E-state index is 0.0548. The molecule has 2 saturated heterocycles. The summed E-state index contributed by atoms with van der Waals surface area (Å²) in [5.74, 6) is 1.54. The maximum absolute atomic E-state index is 13.6. The highest BCUT2D eigenvalue weighted by Gasteiger charge is 2.55. The summed E-state index contributed by atoms with van der Waals surface area (Å²) >= 11 is 8.49. The van der Waals surface area contributed by atoms with Crippen LogP contribution in [-0.2, 0) is 4.74 Å². The first-order valence-corrected chi connectivity index (χ1v) is 14.9. The molecule has 202 valence electrons. The zero-order valence-electron chi connectivity index (χ0n) is 23.0. The molecule has 3 fully saturated rings. The smallest absolute Gasteiger partial charge is 0.253 e. The van der Waals surface area contributed by atoms with E-state index in [2.05, 4.69) is 41.2 Å². The fourth-order valence-corrected chi connectivity index (χ4v) is 8.55. The lowest BCUT2D eigenvalue weighted by atomic mass is 9.81. The largest absolute Gasteiger partial charge is 0.383 e. The molecule has 4 atom stereocenters. The number of thiophene rings is 1. The zero-order valence-corrected chi connectivity index (χ0v) is 24.5. The number of piperidine rings is 1. The van der Waals surface area contributed by atoms with E-state index in [0.717, 1.165) is 59.7 Å². The number of hydrogen-bond donors (Lipinski definition) is 0. The molecule has 1 saturated carbocycles. The normalized spacial score (nSPS) is 30.6. The quantitative estimate of drug-likeness (QED) is 0.338. The number of halogens is 1. The van der Waals surface area contributed by atoms with Gasteiger partial charge in [-0.1, -0.05) is 17.7 Å². The molecule has 2 bridgehead atoms. The van der Waals surface area contributed by atoms with Crippen LogP contribution in [0.1, 0.15) is 85.2 Å². The van der Waals surface area contributed by atoms with Crippen LogP contribution in [0.3, 0.4) is 0 Å². The van der Waals surface area contributed by atoms with Crippen molar-refractivity contribution in [2.45, 2.75) is 81.8 Å². The van der Waals surface area contributed by atoms with E-state index in [1.54, 1.807) is 18.4 Å². The summed E-state index contributed by atoms with van der Waals surface area (Å²) < 4.78 is 5.40. The van der Waals surface area contributed by atoms with Crippen molar-refractivity contribution in [1.29, 1.82) is 0 Å². The summed E-state index contributed by atoms with van der Waals surface area (Å²) in [5, 5.41) is 3.92. The van der Waals surface area contributed by atoms with Crippen LogP contribution in [0.25, 0.3) is 10.2 Å². The first-order valence-electron chi connectivity index (χ1n) is 13.7. The number of carbonyl (C=O) groups is 1. The van der Waals surface area contributed by atoms with Gasteiger partial charge in [-0.05, 0) is 87.9 Å². The Morgan fingerprint density at radius 1 is 1.18 bits per heavy atom. The molecule has 3 aliphatic rings. The predicted octanol–water partition coefficient (Wildman–Crippen LogP) is 6.42. The van der Waals surface area contributed by atoms with Gasteiger partial charge in [-0.2, -0.15) is 0 Å². The Bertz CT molecular complexity index is 1370. The number of methoxy groups -OCH3 is 1. The average Bonchev–Trinajstić information content (AvgIpc) is 3.49. The van der Waals surface area contributed by atoms with Gasteiger partial charge in [0.25, 0.3) is 5.91 Å². The summed E-state index contributed by atoms with van der Waals surface area (Å²) in [7, 11) is 3.73. The minimum atomic E-state index is 0.0548. The Balaban J connectivity index is 1.17. The highest BCUT2D eigenvalue weighted by Crippen LogP contribution is 2.57. The number of nitrogens with zero attached hydrogens (tertiary/aromatic N) is 4. The lowest BCUT2D eigenvalue weighted by Gasteiger charge is -2.53. The number of rotatable bonds is 7. The monoisotopic (exact) mass is 552 g/mol. The predicted molar refractivity (Wildman–Crippen MR) is 153 cm³/mol. The fourth-order valence-electron chi connectivity index (χ4n) is 7.41. The standard InChI is InChI=1S/C30H37ClN4O2S/c1-18-32-26(22-8-13-38-27(22)33-18)24-15-23(24)21-7-6-19(14-25(21)31)28(36)34(4)20-16-29(2)9-10-30(3,17-20)35(29)11-12-37-5/h6-8,13-14,20,23-24H,9-12,15-17H2,1-5H3. The minimum Gasteiger partial charge on any atom is -0.383 e. The van der Waals surface area contributed by atoms with Gasteiger partial charge in [-0.15, -0.1) is 11.3 Å². The average molecular weight is 553 g/mol.